The molecule has 1 aliphatic heterocycles. The van der Waals surface area contributed by atoms with Gasteiger partial charge in [0.25, 0.3) is 5.56 Å². The van der Waals surface area contributed by atoms with Crippen LogP contribution >= 0.6 is 0 Å². The highest BCUT2D eigenvalue weighted by Gasteiger charge is 2.25. The normalized spacial score (nSPS) is 21.3. The molecule has 2 heterocycles. The Morgan fingerprint density at radius 2 is 2.32 bits per heavy atom. The Morgan fingerprint density at radius 1 is 1.59 bits per heavy atom. The summed E-state index contributed by atoms with van der Waals surface area (Å²) in [4.78, 5) is 13.6. The minimum Gasteiger partial charge on any atom is -0.494 e. The molecular weight excluding hydrogens is 278 g/mol. The number of likely N-dealkylation sites (tertiary alicyclic amines) is 1. The van der Waals surface area contributed by atoms with Gasteiger partial charge in [0.15, 0.2) is 0 Å². The largest absolute Gasteiger partial charge is 0.494 e. The molecule has 0 saturated carbocycles. The lowest BCUT2D eigenvalue weighted by Gasteiger charge is -2.28. The van der Waals surface area contributed by atoms with Crippen molar-refractivity contribution >= 4 is 0 Å². The topological polar surface area (TPSA) is 70.5 Å². The molecule has 0 aromatic carbocycles. The molecule has 2 atom stereocenters. The fourth-order valence-electron chi connectivity index (χ4n) is 3.32. The summed E-state index contributed by atoms with van der Waals surface area (Å²) in [7, 11) is 0. The van der Waals surface area contributed by atoms with E-state index in [-0.39, 0.29) is 18.0 Å². The van der Waals surface area contributed by atoms with Crippen molar-refractivity contribution in [2.24, 2.45) is 5.92 Å². The van der Waals surface area contributed by atoms with Crippen LogP contribution in [0.5, 0.6) is 5.88 Å². The highest BCUT2D eigenvalue weighted by atomic mass is 16.3. The van der Waals surface area contributed by atoms with E-state index < -0.39 is 5.56 Å². The molecule has 5 nitrogen and oxygen atoms in total. The summed E-state index contributed by atoms with van der Waals surface area (Å²) in [6.07, 6.45) is 3.97. The van der Waals surface area contributed by atoms with Crippen molar-refractivity contribution in [3.05, 3.63) is 39.7 Å². The van der Waals surface area contributed by atoms with Crippen LogP contribution in [-0.2, 0) is 13.1 Å². The fourth-order valence-corrected chi connectivity index (χ4v) is 3.32. The number of rotatable bonds is 4. The van der Waals surface area contributed by atoms with Crippen molar-refractivity contribution in [2.75, 3.05) is 13.1 Å². The van der Waals surface area contributed by atoms with Gasteiger partial charge >= 0.3 is 0 Å². The van der Waals surface area contributed by atoms with E-state index in [9.17, 15) is 15.2 Å². The third-order valence-corrected chi connectivity index (χ3v) is 4.53. The third kappa shape index (κ3) is 3.07. The quantitative estimate of drug-likeness (QED) is 0.806. The van der Waals surface area contributed by atoms with Crippen LogP contribution in [0.25, 0.3) is 0 Å². The van der Waals surface area contributed by atoms with Crippen LogP contribution in [0.2, 0.25) is 0 Å². The van der Waals surface area contributed by atoms with Crippen LogP contribution in [0.1, 0.15) is 36.5 Å². The molecule has 0 amide bonds. The Morgan fingerprint density at radius 3 is 2.91 bits per heavy atom. The number of allylic oxidation sites excluding steroid dienone is 1. The van der Waals surface area contributed by atoms with Crippen molar-refractivity contribution in [1.29, 1.82) is 5.26 Å². The molecule has 118 valence electrons. The molecule has 0 radical (unpaired) electrons. The minimum absolute atomic E-state index is 0.0212. The van der Waals surface area contributed by atoms with Gasteiger partial charge in [-0.1, -0.05) is 13.0 Å². The lowest BCUT2D eigenvalue weighted by Crippen LogP contribution is -3.12. The van der Waals surface area contributed by atoms with Gasteiger partial charge in [0.2, 0.25) is 5.88 Å². The molecule has 1 fully saturated rings. The lowest BCUT2D eigenvalue weighted by molar-refractivity contribution is -0.922. The Hall–Kier alpha value is -2.06. The van der Waals surface area contributed by atoms with Gasteiger partial charge in [0, 0.05) is 12.5 Å². The number of nitriles is 1. The maximum atomic E-state index is 12.3. The van der Waals surface area contributed by atoms with E-state index in [1.165, 1.54) is 22.3 Å². The zero-order valence-corrected chi connectivity index (χ0v) is 13.4. The first kappa shape index (κ1) is 16.3. The molecule has 5 heteroatoms. The number of piperidine rings is 1. The second-order valence-electron chi connectivity index (χ2n) is 6.25. The van der Waals surface area contributed by atoms with Crippen molar-refractivity contribution in [3.8, 4) is 11.9 Å². The summed E-state index contributed by atoms with van der Waals surface area (Å²) in [6, 6.07) is 1.99. The summed E-state index contributed by atoms with van der Waals surface area (Å²) in [5, 5.41) is 19.8. The van der Waals surface area contributed by atoms with Gasteiger partial charge in [0.1, 0.15) is 18.2 Å². The summed E-state index contributed by atoms with van der Waals surface area (Å²) in [5.74, 6) is 0.646. The number of aromatic nitrogens is 1. The van der Waals surface area contributed by atoms with E-state index in [1.54, 1.807) is 13.0 Å². The van der Waals surface area contributed by atoms with E-state index >= 15 is 0 Å². The number of quaternary nitrogens is 1. The molecule has 1 aromatic rings. The van der Waals surface area contributed by atoms with Crippen LogP contribution in [0.4, 0.5) is 0 Å². The smallest absolute Gasteiger partial charge is 0.271 e. The van der Waals surface area contributed by atoms with Crippen molar-refractivity contribution < 1.29 is 10.0 Å². The highest BCUT2D eigenvalue weighted by molar-refractivity contribution is 5.45. The number of pyridine rings is 1. The molecule has 2 N–H and O–H groups in total. The van der Waals surface area contributed by atoms with Crippen molar-refractivity contribution in [1.82, 2.24) is 4.57 Å². The Kier molecular flexibility index (Phi) is 5.04. The van der Waals surface area contributed by atoms with E-state index in [1.807, 2.05) is 6.07 Å². The molecule has 2 rings (SSSR count). The predicted molar refractivity (Wildman–Crippen MR) is 84.8 cm³/mol. The molecule has 1 saturated heterocycles. The van der Waals surface area contributed by atoms with E-state index in [4.69, 9.17) is 0 Å². The Balaban J connectivity index is 2.46. The zero-order valence-electron chi connectivity index (χ0n) is 13.4. The average molecular weight is 302 g/mol. The van der Waals surface area contributed by atoms with Gasteiger partial charge in [-0.25, -0.2) is 0 Å². The van der Waals surface area contributed by atoms with Gasteiger partial charge in [-0.05, 0) is 25.3 Å². The summed E-state index contributed by atoms with van der Waals surface area (Å²) < 4.78 is 1.24. The third-order valence-electron chi connectivity index (χ3n) is 4.53. The molecule has 0 bridgehead atoms. The summed E-state index contributed by atoms with van der Waals surface area (Å²) in [6.45, 7) is 10.6. The monoisotopic (exact) mass is 302 g/mol. The maximum Gasteiger partial charge on any atom is 0.271 e. The van der Waals surface area contributed by atoms with Crippen molar-refractivity contribution in [3.63, 3.8) is 0 Å². The molecule has 1 unspecified atom stereocenters. The van der Waals surface area contributed by atoms with Gasteiger partial charge in [-0.3, -0.25) is 9.36 Å². The number of aromatic hydroxyl groups is 1. The number of nitrogens with zero attached hydrogens (tertiary/aromatic N) is 2. The van der Waals surface area contributed by atoms with Gasteiger partial charge in [0.05, 0.1) is 18.7 Å². The zero-order chi connectivity index (χ0) is 16.3. The first-order valence-corrected chi connectivity index (χ1v) is 7.79. The molecule has 0 spiro atoms. The van der Waals surface area contributed by atoms with Crippen LogP contribution in [0, 0.1) is 24.2 Å². The van der Waals surface area contributed by atoms with Gasteiger partial charge in [-0.2, -0.15) is 5.26 Å². The first-order chi connectivity index (χ1) is 10.5. The SMILES string of the molecule is C=CCn1c(O)c(C[NH+]2CCC[C@@H](C)C2)c(C)c(C#N)c1=O. The summed E-state index contributed by atoms with van der Waals surface area (Å²) >= 11 is 0. The lowest BCUT2D eigenvalue weighted by atomic mass is 9.98. The van der Waals surface area contributed by atoms with Crippen molar-refractivity contribution in [2.45, 2.75) is 39.8 Å². The number of nitrogens with one attached hydrogen (secondary N) is 1. The van der Waals surface area contributed by atoms with Gasteiger partial charge < -0.3 is 10.0 Å². The molecule has 22 heavy (non-hydrogen) atoms. The van der Waals surface area contributed by atoms with Crippen LogP contribution in [0.15, 0.2) is 17.4 Å². The predicted octanol–water partition coefficient (Wildman–Crippen LogP) is 0.735. The molecular formula is C17H24N3O2+. The second kappa shape index (κ2) is 6.80. The van der Waals surface area contributed by atoms with E-state index in [2.05, 4.69) is 13.5 Å². The van der Waals surface area contributed by atoms with Crippen LogP contribution in [-0.4, -0.2) is 22.8 Å². The maximum absolute atomic E-state index is 12.3. The number of hydrogen-bond donors (Lipinski definition) is 2. The average Bonchev–Trinajstić information content (AvgIpc) is 2.49. The Labute approximate surface area is 131 Å². The fraction of sp³-hybridized carbons (Fsp3) is 0.529. The standard InChI is InChI=1S/C17H23N3O2/c1-4-7-20-16(21)14(9-18)13(3)15(17(20)22)11-19-8-5-6-12(2)10-19/h4,12,22H,1,5-8,10-11H2,2-3H3/p+1/t12-/m1/s1. The highest BCUT2D eigenvalue weighted by Crippen LogP contribution is 2.21. The van der Waals surface area contributed by atoms with Gasteiger partial charge in [-0.15, -0.1) is 6.58 Å². The molecule has 0 aliphatic carbocycles. The molecule has 1 aliphatic rings. The van der Waals surface area contributed by atoms with E-state index in [0.29, 0.717) is 23.6 Å². The molecule has 1 aromatic heterocycles. The Bertz CT molecular complexity index is 670. The number of hydrogen-bond acceptors (Lipinski definition) is 3. The van der Waals surface area contributed by atoms with Crippen LogP contribution in [0.3, 0.4) is 0 Å². The minimum atomic E-state index is -0.442. The summed E-state index contributed by atoms with van der Waals surface area (Å²) in [5.41, 5.74) is 1.00. The first-order valence-electron chi connectivity index (χ1n) is 7.79. The van der Waals surface area contributed by atoms with E-state index in [0.717, 1.165) is 13.1 Å². The van der Waals surface area contributed by atoms with Crippen LogP contribution < -0.4 is 10.5 Å². The second-order valence-corrected chi connectivity index (χ2v) is 6.25.